The van der Waals surface area contributed by atoms with Crippen LogP contribution in [0.4, 0.5) is 4.39 Å². The quantitative estimate of drug-likeness (QED) is 0.597. The number of halogens is 2. The summed E-state index contributed by atoms with van der Waals surface area (Å²) in [5.41, 5.74) is 0.672. The molecule has 3 aromatic rings. The van der Waals surface area contributed by atoms with Gasteiger partial charge in [0.1, 0.15) is 11.6 Å². The summed E-state index contributed by atoms with van der Waals surface area (Å²) in [5.74, 6) is 1.16. The zero-order valence-electron chi connectivity index (χ0n) is 16.1. The van der Waals surface area contributed by atoms with E-state index < -0.39 is 0 Å². The third-order valence-electron chi connectivity index (χ3n) is 4.83. The summed E-state index contributed by atoms with van der Waals surface area (Å²) in [5, 5.41) is 4.62. The number of rotatable bonds is 6. The maximum absolute atomic E-state index is 13.0. The van der Waals surface area contributed by atoms with Gasteiger partial charge in [0.25, 0.3) is 11.8 Å². The first kappa shape index (κ1) is 20.3. The predicted octanol–water partition coefficient (Wildman–Crippen LogP) is 3.25. The fraction of sp³-hybridized carbons (Fsp3) is 0.286. The van der Waals surface area contributed by atoms with Crippen LogP contribution in [0.1, 0.15) is 5.82 Å². The van der Waals surface area contributed by atoms with E-state index in [-0.39, 0.29) is 18.3 Å². The molecule has 0 N–H and O–H groups in total. The molecule has 0 saturated carbocycles. The lowest BCUT2D eigenvalue weighted by molar-refractivity contribution is -0.135. The predicted molar refractivity (Wildman–Crippen MR) is 108 cm³/mol. The molecular weight excluding hydrogens is 411 g/mol. The van der Waals surface area contributed by atoms with Gasteiger partial charge in [0.15, 0.2) is 12.4 Å². The largest absolute Gasteiger partial charge is 0.484 e. The van der Waals surface area contributed by atoms with Crippen molar-refractivity contribution < 1.29 is 18.4 Å². The highest BCUT2D eigenvalue weighted by molar-refractivity contribution is 6.30. The van der Waals surface area contributed by atoms with Crippen molar-refractivity contribution >= 4 is 17.5 Å². The maximum Gasteiger partial charge on any atom is 0.260 e. The van der Waals surface area contributed by atoms with E-state index in [1.165, 1.54) is 12.1 Å². The number of ether oxygens (including phenoxy) is 1. The van der Waals surface area contributed by atoms with Crippen LogP contribution in [-0.4, -0.2) is 58.6 Å². The molecule has 0 radical (unpaired) electrons. The molecule has 7 nitrogen and oxygen atoms in total. The smallest absolute Gasteiger partial charge is 0.260 e. The molecule has 9 heteroatoms. The fourth-order valence-electron chi connectivity index (χ4n) is 3.15. The zero-order valence-corrected chi connectivity index (χ0v) is 16.9. The van der Waals surface area contributed by atoms with Crippen molar-refractivity contribution in [1.82, 2.24) is 19.9 Å². The molecule has 1 fully saturated rings. The normalized spacial score (nSPS) is 14.7. The molecule has 0 bridgehead atoms. The Labute approximate surface area is 178 Å². The number of piperazine rings is 1. The lowest BCUT2D eigenvalue weighted by Crippen LogP contribution is -2.49. The summed E-state index contributed by atoms with van der Waals surface area (Å²) in [6.07, 6.45) is 0. The van der Waals surface area contributed by atoms with E-state index in [9.17, 15) is 9.18 Å². The summed E-state index contributed by atoms with van der Waals surface area (Å²) in [6.45, 7) is 3.12. The van der Waals surface area contributed by atoms with Gasteiger partial charge in [0.05, 0.1) is 6.54 Å². The molecule has 0 spiro atoms. The van der Waals surface area contributed by atoms with Gasteiger partial charge >= 0.3 is 0 Å². The minimum absolute atomic E-state index is 0.00644. The van der Waals surface area contributed by atoms with Gasteiger partial charge in [-0.05, 0) is 48.5 Å². The van der Waals surface area contributed by atoms with E-state index in [1.54, 1.807) is 41.3 Å². The molecule has 2 heterocycles. The van der Waals surface area contributed by atoms with Gasteiger partial charge in [-0.25, -0.2) is 4.39 Å². The van der Waals surface area contributed by atoms with Crippen molar-refractivity contribution in [3.63, 3.8) is 0 Å². The van der Waals surface area contributed by atoms with Crippen LogP contribution in [-0.2, 0) is 11.3 Å². The highest BCUT2D eigenvalue weighted by Crippen LogP contribution is 2.18. The van der Waals surface area contributed by atoms with Crippen molar-refractivity contribution in [1.29, 1.82) is 0 Å². The Morgan fingerprint density at radius 3 is 2.47 bits per heavy atom. The van der Waals surface area contributed by atoms with Crippen LogP contribution < -0.4 is 4.74 Å². The number of carbonyl (C=O) groups is 1. The average Bonchev–Trinajstić information content (AvgIpc) is 3.22. The Kier molecular flexibility index (Phi) is 6.25. The summed E-state index contributed by atoms with van der Waals surface area (Å²) < 4.78 is 23.8. The maximum atomic E-state index is 13.0. The molecule has 1 aliphatic rings. The van der Waals surface area contributed by atoms with Crippen LogP contribution in [0.3, 0.4) is 0 Å². The topological polar surface area (TPSA) is 71.7 Å². The van der Waals surface area contributed by atoms with Crippen molar-refractivity contribution in [2.45, 2.75) is 6.54 Å². The summed E-state index contributed by atoms with van der Waals surface area (Å²) in [6, 6.07) is 12.8. The molecule has 1 aromatic heterocycles. The zero-order chi connectivity index (χ0) is 20.9. The number of carbonyl (C=O) groups excluding carboxylic acids is 1. The molecule has 2 aromatic carbocycles. The first-order valence-electron chi connectivity index (χ1n) is 9.54. The highest BCUT2D eigenvalue weighted by atomic mass is 35.5. The second-order valence-corrected chi connectivity index (χ2v) is 7.36. The molecule has 0 atom stereocenters. The molecule has 4 rings (SSSR count). The average molecular weight is 431 g/mol. The Bertz CT molecular complexity index is 986. The van der Waals surface area contributed by atoms with Gasteiger partial charge in [0.2, 0.25) is 0 Å². The van der Waals surface area contributed by atoms with Crippen LogP contribution >= 0.6 is 11.6 Å². The first-order valence-corrected chi connectivity index (χ1v) is 9.91. The van der Waals surface area contributed by atoms with Crippen LogP contribution in [0, 0.1) is 5.82 Å². The molecule has 0 unspecified atom stereocenters. The van der Waals surface area contributed by atoms with Crippen molar-refractivity contribution in [3.8, 4) is 17.2 Å². The molecule has 30 heavy (non-hydrogen) atoms. The second kappa shape index (κ2) is 9.23. The molecule has 1 amide bonds. The van der Waals surface area contributed by atoms with Gasteiger partial charge in [-0.3, -0.25) is 9.69 Å². The summed E-state index contributed by atoms with van der Waals surface area (Å²) in [4.78, 5) is 20.7. The van der Waals surface area contributed by atoms with E-state index in [0.29, 0.717) is 60.8 Å². The van der Waals surface area contributed by atoms with Crippen molar-refractivity contribution in [2.75, 3.05) is 32.8 Å². The highest BCUT2D eigenvalue weighted by Gasteiger charge is 2.23. The summed E-state index contributed by atoms with van der Waals surface area (Å²) >= 11 is 5.84. The number of amides is 1. The molecule has 156 valence electrons. The second-order valence-electron chi connectivity index (χ2n) is 6.92. The van der Waals surface area contributed by atoms with Crippen LogP contribution in [0.2, 0.25) is 5.02 Å². The van der Waals surface area contributed by atoms with Gasteiger partial charge < -0.3 is 14.2 Å². The molecule has 1 saturated heterocycles. The molecular formula is C21H20ClFN4O3. The lowest BCUT2D eigenvalue weighted by Gasteiger charge is -2.34. The van der Waals surface area contributed by atoms with E-state index in [2.05, 4.69) is 15.0 Å². The van der Waals surface area contributed by atoms with Crippen molar-refractivity contribution in [2.24, 2.45) is 0 Å². The minimum Gasteiger partial charge on any atom is -0.484 e. The molecule has 0 aliphatic carbocycles. The monoisotopic (exact) mass is 430 g/mol. The van der Waals surface area contributed by atoms with E-state index in [4.69, 9.17) is 20.9 Å². The Morgan fingerprint density at radius 2 is 1.77 bits per heavy atom. The number of hydrogen-bond donors (Lipinski definition) is 0. The van der Waals surface area contributed by atoms with Gasteiger partial charge in [-0.15, -0.1) is 0 Å². The number of nitrogens with zero attached hydrogens (tertiary/aromatic N) is 4. The number of aromatic nitrogens is 2. The van der Waals surface area contributed by atoms with E-state index in [1.807, 2.05) is 0 Å². The van der Waals surface area contributed by atoms with E-state index >= 15 is 0 Å². The lowest BCUT2D eigenvalue weighted by atomic mass is 10.2. The van der Waals surface area contributed by atoms with Crippen LogP contribution in [0.25, 0.3) is 11.5 Å². The number of hydrogen-bond acceptors (Lipinski definition) is 6. The van der Waals surface area contributed by atoms with Gasteiger partial charge in [-0.1, -0.05) is 16.8 Å². The van der Waals surface area contributed by atoms with Crippen LogP contribution in [0.5, 0.6) is 5.75 Å². The Hall–Kier alpha value is -2.97. The Morgan fingerprint density at radius 1 is 1.07 bits per heavy atom. The molecule has 1 aliphatic heterocycles. The SMILES string of the molecule is O=C(COc1ccc(Cl)cc1)N1CCN(Cc2noc(-c3ccc(F)cc3)n2)CC1. The third kappa shape index (κ3) is 5.14. The number of benzene rings is 2. The fourth-order valence-corrected chi connectivity index (χ4v) is 3.28. The summed E-state index contributed by atoms with van der Waals surface area (Å²) in [7, 11) is 0. The Balaban J connectivity index is 1.24. The first-order chi connectivity index (χ1) is 14.6. The van der Waals surface area contributed by atoms with Gasteiger partial charge in [0, 0.05) is 36.8 Å². The van der Waals surface area contributed by atoms with Crippen molar-refractivity contribution in [3.05, 3.63) is 65.2 Å². The van der Waals surface area contributed by atoms with E-state index in [0.717, 1.165) is 0 Å². The third-order valence-corrected chi connectivity index (χ3v) is 5.08. The van der Waals surface area contributed by atoms with Crippen LogP contribution in [0.15, 0.2) is 53.1 Å². The minimum atomic E-state index is -0.315. The standard InChI is InChI=1S/C21H20ClFN4O3/c22-16-3-7-18(8-4-16)29-14-20(28)27-11-9-26(10-12-27)13-19-24-21(30-25-19)15-1-5-17(23)6-2-15/h1-8H,9-14H2. The van der Waals surface area contributed by atoms with Gasteiger partial charge in [-0.2, -0.15) is 4.98 Å².